The Morgan fingerprint density at radius 2 is 2.24 bits per heavy atom. The van der Waals surface area contributed by atoms with Crippen LogP contribution < -0.4 is 15.2 Å². The van der Waals surface area contributed by atoms with Gasteiger partial charge in [0.15, 0.2) is 0 Å². The lowest BCUT2D eigenvalue weighted by molar-refractivity contribution is 0.200. The number of tetrazole rings is 1. The van der Waals surface area contributed by atoms with E-state index >= 15 is 0 Å². The molecular formula is C14H16N4O3. The van der Waals surface area contributed by atoms with Crippen molar-refractivity contribution >= 4 is 0 Å². The minimum atomic E-state index is -0.144. The van der Waals surface area contributed by atoms with Gasteiger partial charge >= 0.3 is 5.69 Å². The molecule has 1 fully saturated rings. The van der Waals surface area contributed by atoms with Gasteiger partial charge in [0.1, 0.15) is 17.6 Å². The summed E-state index contributed by atoms with van der Waals surface area (Å²) in [5.41, 5.74) is 0.955. The van der Waals surface area contributed by atoms with Crippen LogP contribution in [0.15, 0.2) is 23.0 Å². The Balaban J connectivity index is 1.51. The van der Waals surface area contributed by atoms with Gasteiger partial charge in [-0.05, 0) is 41.5 Å². The van der Waals surface area contributed by atoms with Crippen molar-refractivity contribution in [2.75, 3.05) is 7.11 Å². The Bertz CT molecular complexity index is 732. The largest absolute Gasteiger partial charge is 0.497 e. The second kappa shape index (κ2) is 4.61. The van der Waals surface area contributed by atoms with Crippen molar-refractivity contribution in [1.29, 1.82) is 0 Å². The first kappa shape index (κ1) is 12.4. The first-order valence-electron chi connectivity index (χ1n) is 7.10. The number of ether oxygens (including phenoxy) is 2. The Labute approximate surface area is 121 Å². The van der Waals surface area contributed by atoms with E-state index in [1.165, 1.54) is 9.36 Å². The highest BCUT2D eigenvalue weighted by Crippen LogP contribution is 2.33. The van der Waals surface area contributed by atoms with Crippen molar-refractivity contribution in [2.45, 2.75) is 38.0 Å². The lowest BCUT2D eigenvalue weighted by atomic mass is 10.1. The van der Waals surface area contributed by atoms with E-state index in [1.54, 1.807) is 7.11 Å². The molecule has 1 saturated carbocycles. The quantitative estimate of drug-likeness (QED) is 0.831. The van der Waals surface area contributed by atoms with Crippen molar-refractivity contribution in [3.05, 3.63) is 34.2 Å². The number of rotatable bonds is 4. The van der Waals surface area contributed by atoms with E-state index in [0.29, 0.717) is 6.54 Å². The summed E-state index contributed by atoms with van der Waals surface area (Å²) in [6.45, 7) is 0.419. The Morgan fingerprint density at radius 3 is 3.00 bits per heavy atom. The monoisotopic (exact) mass is 288 g/mol. The Morgan fingerprint density at radius 1 is 1.38 bits per heavy atom. The zero-order valence-electron chi connectivity index (χ0n) is 11.7. The predicted molar refractivity (Wildman–Crippen MR) is 73.7 cm³/mol. The van der Waals surface area contributed by atoms with Gasteiger partial charge in [-0.3, -0.25) is 0 Å². The molecule has 0 radical (unpaired) electrons. The maximum Gasteiger partial charge on any atom is 0.364 e. The molecule has 110 valence electrons. The number of aromatic nitrogens is 4. The molecule has 7 heteroatoms. The fourth-order valence-electron chi connectivity index (χ4n) is 2.67. The highest BCUT2D eigenvalue weighted by Gasteiger charge is 2.30. The third-order valence-electron chi connectivity index (χ3n) is 3.94. The third-order valence-corrected chi connectivity index (χ3v) is 3.94. The minimum absolute atomic E-state index is 0.0887. The van der Waals surface area contributed by atoms with Gasteiger partial charge in [-0.25, -0.2) is 4.79 Å². The average molecular weight is 288 g/mol. The molecule has 2 heterocycles. The van der Waals surface area contributed by atoms with Crippen LogP contribution in [-0.4, -0.2) is 33.0 Å². The summed E-state index contributed by atoms with van der Waals surface area (Å²) in [6.07, 6.45) is 2.69. The topological polar surface area (TPSA) is 71.2 Å². The number of benzene rings is 1. The van der Waals surface area contributed by atoms with Crippen molar-refractivity contribution in [3.8, 4) is 11.5 Å². The highest BCUT2D eigenvalue weighted by molar-refractivity contribution is 5.43. The van der Waals surface area contributed by atoms with Crippen LogP contribution in [-0.2, 0) is 13.0 Å². The van der Waals surface area contributed by atoms with Gasteiger partial charge in [0.25, 0.3) is 0 Å². The smallest absolute Gasteiger partial charge is 0.364 e. The summed E-state index contributed by atoms with van der Waals surface area (Å²) in [5, 5.41) is 7.89. The van der Waals surface area contributed by atoms with Gasteiger partial charge in [-0.1, -0.05) is 0 Å². The second-order valence-corrected chi connectivity index (χ2v) is 5.54. The van der Waals surface area contributed by atoms with Crippen LogP contribution >= 0.6 is 0 Å². The molecule has 4 rings (SSSR count). The second-order valence-electron chi connectivity index (χ2n) is 5.54. The third kappa shape index (κ3) is 2.18. The summed E-state index contributed by atoms with van der Waals surface area (Å²) in [5.74, 6) is 1.67. The molecule has 7 nitrogen and oxygen atoms in total. The van der Waals surface area contributed by atoms with Crippen LogP contribution in [0.5, 0.6) is 11.5 Å². The van der Waals surface area contributed by atoms with Crippen molar-refractivity contribution in [2.24, 2.45) is 0 Å². The molecular weight excluding hydrogens is 272 g/mol. The predicted octanol–water partition coefficient (Wildman–Crippen LogP) is 0.787. The normalized spacial score (nSPS) is 20.1. The summed E-state index contributed by atoms with van der Waals surface area (Å²) in [4.78, 5) is 12.1. The molecule has 0 N–H and O–H groups in total. The van der Waals surface area contributed by atoms with E-state index in [9.17, 15) is 4.79 Å². The molecule has 1 aromatic heterocycles. The standard InChI is InChI=1S/C14H16N4O3/c1-20-11-4-5-13-9(6-11)7-12(21-13)8-17-14(19)18(16-15-17)10-2-3-10/h4-6,10,12H,2-3,7-8H2,1H3. The van der Waals surface area contributed by atoms with Crippen LogP contribution in [0.4, 0.5) is 0 Å². The van der Waals surface area contributed by atoms with Crippen LogP contribution in [0.25, 0.3) is 0 Å². The van der Waals surface area contributed by atoms with Crippen molar-refractivity contribution in [1.82, 2.24) is 19.8 Å². The fourth-order valence-corrected chi connectivity index (χ4v) is 2.67. The van der Waals surface area contributed by atoms with E-state index in [0.717, 1.165) is 36.3 Å². The molecule has 2 aromatic rings. The molecule has 2 aliphatic rings. The van der Waals surface area contributed by atoms with Crippen molar-refractivity contribution in [3.63, 3.8) is 0 Å². The first-order chi connectivity index (χ1) is 10.2. The number of hydrogen-bond acceptors (Lipinski definition) is 5. The summed E-state index contributed by atoms with van der Waals surface area (Å²) in [6, 6.07) is 5.99. The Hall–Kier alpha value is -2.31. The molecule has 1 atom stereocenters. The number of fused-ring (bicyclic) bond motifs is 1. The van der Waals surface area contributed by atoms with E-state index < -0.39 is 0 Å². The zero-order chi connectivity index (χ0) is 14.4. The molecule has 0 bridgehead atoms. The molecule has 1 unspecified atom stereocenters. The molecule has 1 aliphatic heterocycles. The first-order valence-corrected chi connectivity index (χ1v) is 7.10. The summed E-state index contributed by atoms with van der Waals surface area (Å²) in [7, 11) is 1.64. The number of hydrogen-bond donors (Lipinski definition) is 0. The molecule has 0 saturated heterocycles. The van der Waals surface area contributed by atoms with Gasteiger partial charge in [0.2, 0.25) is 0 Å². The number of methoxy groups -OCH3 is 1. The lowest BCUT2D eigenvalue weighted by Crippen LogP contribution is -2.31. The van der Waals surface area contributed by atoms with Gasteiger partial charge in [0.05, 0.1) is 19.7 Å². The molecule has 21 heavy (non-hydrogen) atoms. The van der Waals surface area contributed by atoms with E-state index in [2.05, 4.69) is 10.4 Å². The fraction of sp³-hybridized carbons (Fsp3) is 0.500. The van der Waals surface area contributed by atoms with Crippen LogP contribution in [0.1, 0.15) is 24.4 Å². The highest BCUT2D eigenvalue weighted by atomic mass is 16.5. The zero-order valence-corrected chi connectivity index (χ0v) is 11.7. The molecule has 0 amide bonds. The van der Waals surface area contributed by atoms with Gasteiger partial charge in [-0.2, -0.15) is 9.36 Å². The van der Waals surface area contributed by atoms with Crippen molar-refractivity contribution < 1.29 is 9.47 Å². The van der Waals surface area contributed by atoms with E-state index in [-0.39, 0.29) is 17.8 Å². The molecule has 0 spiro atoms. The number of nitrogens with zero attached hydrogens (tertiary/aromatic N) is 4. The summed E-state index contributed by atoms with van der Waals surface area (Å²) < 4.78 is 13.9. The van der Waals surface area contributed by atoms with Crippen LogP contribution in [0.3, 0.4) is 0 Å². The lowest BCUT2D eigenvalue weighted by Gasteiger charge is -2.08. The minimum Gasteiger partial charge on any atom is -0.497 e. The van der Waals surface area contributed by atoms with E-state index in [4.69, 9.17) is 9.47 Å². The van der Waals surface area contributed by atoms with E-state index in [1.807, 2.05) is 18.2 Å². The van der Waals surface area contributed by atoms with Crippen LogP contribution in [0.2, 0.25) is 0 Å². The molecule has 1 aliphatic carbocycles. The maximum atomic E-state index is 12.1. The molecule has 1 aromatic carbocycles. The van der Waals surface area contributed by atoms with Gasteiger partial charge < -0.3 is 9.47 Å². The Kier molecular flexibility index (Phi) is 2.73. The van der Waals surface area contributed by atoms with Gasteiger partial charge in [0, 0.05) is 12.0 Å². The maximum absolute atomic E-state index is 12.1. The summed E-state index contributed by atoms with van der Waals surface area (Å²) >= 11 is 0. The average Bonchev–Trinajstić information content (AvgIpc) is 3.16. The van der Waals surface area contributed by atoms with Crippen LogP contribution in [0, 0.1) is 0 Å². The SMILES string of the molecule is COc1ccc2c(c1)CC(Cn1nnn(C3CC3)c1=O)O2. The van der Waals surface area contributed by atoms with Gasteiger partial charge in [-0.15, -0.1) is 0 Å².